The number of aromatic nitrogens is 2. The van der Waals surface area contributed by atoms with E-state index in [1.807, 2.05) is 37.5 Å². The summed E-state index contributed by atoms with van der Waals surface area (Å²) in [6.07, 6.45) is 5.62. The van der Waals surface area contributed by atoms with Gasteiger partial charge in [-0.1, -0.05) is 22.6 Å². The molecule has 0 atom stereocenters. The number of nitrogens with zero attached hydrogens (tertiary/aromatic N) is 4. The molecule has 20 heavy (non-hydrogen) atoms. The maximum atomic E-state index is 4.88. The Kier molecular flexibility index (Phi) is 5.00. The Labute approximate surface area is 118 Å². The number of pyridine rings is 2. The Bertz CT molecular complexity index is 547. The van der Waals surface area contributed by atoms with Gasteiger partial charge in [0.25, 0.3) is 0 Å². The van der Waals surface area contributed by atoms with Crippen LogP contribution in [0.4, 0.5) is 0 Å². The minimum Gasteiger partial charge on any atom is -0.303 e. The highest BCUT2D eigenvalue weighted by molar-refractivity contribution is 5.53. The molecule has 0 fully saturated rings. The van der Waals surface area contributed by atoms with Crippen LogP contribution in [0.2, 0.25) is 0 Å². The van der Waals surface area contributed by atoms with Crippen molar-refractivity contribution < 1.29 is 0 Å². The van der Waals surface area contributed by atoms with Crippen LogP contribution in [0.1, 0.15) is 17.5 Å². The molecule has 2 rings (SSSR count). The summed E-state index contributed by atoms with van der Waals surface area (Å²) in [5, 5.41) is 6.62. The van der Waals surface area contributed by atoms with E-state index in [1.165, 1.54) is 5.56 Å². The van der Waals surface area contributed by atoms with Gasteiger partial charge >= 0.3 is 0 Å². The van der Waals surface area contributed by atoms with Crippen molar-refractivity contribution in [2.24, 2.45) is 16.3 Å². The number of rotatable bonds is 6. The summed E-state index contributed by atoms with van der Waals surface area (Å²) in [6, 6.07) is 8.10. The van der Waals surface area contributed by atoms with Crippen molar-refractivity contribution in [2.45, 2.75) is 19.8 Å². The molecule has 0 bridgehead atoms. The van der Waals surface area contributed by atoms with Crippen LogP contribution >= 0.6 is 0 Å². The molecule has 104 valence electrons. The smallest absolute Gasteiger partial charge is 0.0886 e. The molecule has 3 N–H and O–H groups in total. The van der Waals surface area contributed by atoms with Crippen LogP contribution in [0.15, 0.2) is 47.1 Å². The maximum absolute atomic E-state index is 4.88. The van der Waals surface area contributed by atoms with Gasteiger partial charge in [-0.15, -0.1) is 0 Å². The summed E-state index contributed by atoms with van der Waals surface area (Å²) in [7, 11) is 0. The monoisotopic (exact) mass is 270 g/mol. The first kappa shape index (κ1) is 13.9. The van der Waals surface area contributed by atoms with Crippen LogP contribution in [0.5, 0.6) is 0 Å². The molecule has 0 saturated heterocycles. The molecule has 0 saturated carbocycles. The molecule has 6 nitrogen and oxygen atoms in total. The van der Waals surface area contributed by atoms with Crippen LogP contribution < -0.4 is 11.3 Å². The maximum Gasteiger partial charge on any atom is 0.0886 e. The van der Waals surface area contributed by atoms with Gasteiger partial charge in [0, 0.05) is 18.9 Å². The Morgan fingerprint density at radius 3 is 2.45 bits per heavy atom. The minimum absolute atomic E-state index is 0.738. The van der Waals surface area contributed by atoms with E-state index in [9.17, 15) is 0 Å². The Morgan fingerprint density at radius 1 is 1.10 bits per heavy atom. The van der Waals surface area contributed by atoms with Crippen molar-refractivity contribution in [3.63, 3.8) is 0 Å². The van der Waals surface area contributed by atoms with Crippen molar-refractivity contribution in [3.8, 4) is 11.4 Å². The van der Waals surface area contributed by atoms with Crippen LogP contribution in [-0.4, -0.2) is 16.5 Å². The highest BCUT2D eigenvalue weighted by Crippen LogP contribution is 2.15. The number of nitrogens with two attached hydrogens (primary N) is 1. The van der Waals surface area contributed by atoms with E-state index in [0.29, 0.717) is 0 Å². The van der Waals surface area contributed by atoms with Crippen LogP contribution in [0.25, 0.3) is 11.4 Å². The molecule has 0 spiro atoms. The summed E-state index contributed by atoms with van der Waals surface area (Å²) in [5.74, 6) is 4.88. The van der Waals surface area contributed by atoms with Crippen LogP contribution in [0.3, 0.4) is 0 Å². The highest BCUT2D eigenvalue weighted by atomic mass is 15.5. The third kappa shape index (κ3) is 4.01. The van der Waals surface area contributed by atoms with Gasteiger partial charge in [-0.3, -0.25) is 15.4 Å². The topological polar surface area (TPSA) is 88.5 Å². The molecule has 2 aromatic rings. The molecule has 0 radical (unpaired) electrons. The fourth-order valence-corrected chi connectivity index (χ4v) is 1.81. The van der Waals surface area contributed by atoms with Gasteiger partial charge in [-0.2, -0.15) is 0 Å². The van der Waals surface area contributed by atoms with Gasteiger partial charge in [0.05, 0.1) is 11.4 Å². The summed E-state index contributed by atoms with van der Waals surface area (Å²) < 4.78 is 0. The molecule has 0 aliphatic rings. The Balaban J connectivity index is 1.91. The highest BCUT2D eigenvalue weighted by Gasteiger charge is 2.01. The van der Waals surface area contributed by atoms with E-state index >= 15 is 0 Å². The Morgan fingerprint density at radius 2 is 1.85 bits per heavy atom. The standard InChI is InChI=1S/C14H18N6/c1-11-4-6-13(16-9-11)14-7-5-12(10-17-14)3-2-8-18-20-19-15/h4-7,9-10H,2-3,8H2,1H3,(H2,15,20)(H,18,19). The Hall–Kier alpha value is -2.50. The van der Waals surface area contributed by atoms with Gasteiger partial charge in [-0.05, 0) is 43.0 Å². The third-order valence-electron chi connectivity index (χ3n) is 2.88. The van der Waals surface area contributed by atoms with Gasteiger partial charge in [0.2, 0.25) is 0 Å². The molecule has 2 aromatic heterocycles. The first-order chi connectivity index (χ1) is 9.79. The molecule has 0 amide bonds. The summed E-state index contributed by atoms with van der Waals surface area (Å²) in [4.78, 5) is 8.82. The predicted molar refractivity (Wildman–Crippen MR) is 77.6 cm³/mol. The SMILES string of the molecule is Cc1ccc(-c2ccc(CCCN/N=N\N)cn2)nc1. The quantitative estimate of drug-likeness (QED) is 0.364. The number of aryl methyl sites for hydroxylation is 2. The van der Waals surface area contributed by atoms with Gasteiger partial charge < -0.3 is 5.84 Å². The second kappa shape index (κ2) is 7.18. The van der Waals surface area contributed by atoms with Crippen molar-refractivity contribution in [2.75, 3.05) is 6.54 Å². The average molecular weight is 270 g/mol. The van der Waals surface area contributed by atoms with Gasteiger partial charge in [0.15, 0.2) is 0 Å². The van der Waals surface area contributed by atoms with Crippen LogP contribution in [0, 0.1) is 6.92 Å². The lowest BCUT2D eigenvalue weighted by Gasteiger charge is -2.03. The third-order valence-corrected chi connectivity index (χ3v) is 2.88. The molecule has 0 aromatic carbocycles. The van der Waals surface area contributed by atoms with Crippen molar-refractivity contribution in [1.82, 2.24) is 15.4 Å². The van der Waals surface area contributed by atoms with E-state index in [-0.39, 0.29) is 0 Å². The molecule has 0 unspecified atom stereocenters. The van der Waals surface area contributed by atoms with E-state index in [4.69, 9.17) is 5.84 Å². The van der Waals surface area contributed by atoms with E-state index in [2.05, 4.69) is 31.9 Å². The average Bonchev–Trinajstić information content (AvgIpc) is 2.49. The van der Waals surface area contributed by atoms with E-state index in [0.717, 1.165) is 36.3 Å². The zero-order valence-electron chi connectivity index (χ0n) is 11.5. The van der Waals surface area contributed by atoms with E-state index in [1.54, 1.807) is 0 Å². The lowest BCUT2D eigenvalue weighted by atomic mass is 10.1. The van der Waals surface area contributed by atoms with E-state index < -0.39 is 0 Å². The second-order valence-corrected chi connectivity index (χ2v) is 4.50. The fourth-order valence-electron chi connectivity index (χ4n) is 1.81. The largest absolute Gasteiger partial charge is 0.303 e. The lowest BCUT2D eigenvalue weighted by molar-refractivity contribution is 0.640. The first-order valence-electron chi connectivity index (χ1n) is 6.50. The number of hydrogen-bond donors (Lipinski definition) is 2. The summed E-state index contributed by atoms with van der Waals surface area (Å²) >= 11 is 0. The zero-order chi connectivity index (χ0) is 14.2. The van der Waals surface area contributed by atoms with Gasteiger partial charge in [0.1, 0.15) is 0 Å². The molecule has 6 heteroatoms. The summed E-state index contributed by atoms with van der Waals surface area (Å²) in [5.41, 5.74) is 6.87. The number of hydrogen-bond acceptors (Lipinski definition) is 4. The van der Waals surface area contributed by atoms with Crippen molar-refractivity contribution in [1.29, 1.82) is 0 Å². The van der Waals surface area contributed by atoms with Gasteiger partial charge in [-0.25, -0.2) is 0 Å². The first-order valence-corrected chi connectivity index (χ1v) is 6.50. The number of nitrogens with one attached hydrogen (secondary N) is 1. The molecular weight excluding hydrogens is 252 g/mol. The second-order valence-electron chi connectivity index (χ2n) is 4.50. The predicted octanol–water partition coefficient (Wildman–Crippen LogP) is 2.22. The fraction of sp³-hybridized carbons (Fsp3) is 0.286. The molecule has 0 aliphatic heterocycles. The molecule has 0 aliphatic carbocycles. The molecule has 2 heterocycles. The zero-order valence-corrected chi connectivity index (χ0v) is 11.5. The normalized spacial score (nSPS) is 10.8. The van der Waals surface area contributed by atoms with Crippen LogP contribution in [-0.2, 0) is 6.42 Å². The molecular formula is C14H18N6. The minimum atomic E-state index is 0.738. The van der Waals surface area contributed by atoms with Crippen molar-refractivity contribution in [3.05, 3.63) is 47.8 Å². The summed E-state index contributed by atoms with van der Waals surface area (Å²) in [6.45, 7) is 2.76. The van der Waals surface area contributed by atoms with Crippen molar-refractivity contribution >= 4 is 0 Å². The lowest BCUT2D eigenvalue weighted by Crippen LogP contribution is -2.08.